The van der Waals surface area contributed by atoms with Crippen molar-refractivity contribution in [2.24, 2.45) is 5.73 Å². The highest BCUT2D eigenvalue weighted by Gasteiger charge is 1.90. The number of benzene rings is 1. The molecule has 0 aliphatic heterocycles. The highest BCUT2D eigenvalue weighted by Crippen LogP contribution is 2.09. The van der Waals surface area contributed by atoms with Crippen molar-refractivity contribution in [3.8, 4) is 5.75 Å². The maximum absolute atomic E-state index is 5.44. The van der Waals surface area contributed by atoms with Gasteiger partial charge in [0, 0.05) is 0 Å². The largest absolute Gasteiger partial charge is 0.442 e. The highest BCUT2D eigenvalue weighted by atomic mass is 16.5. The van der Waals surface area contributed by atoms with Gasteiger partial charge in [-0.05, 0) is 25.1 Å². The molecule has 1 aromatic rings. The third-order valence-electron chi connectivity index (χ3n) is 1.26. The quantitative estimate of drug-likeness (QED) is 0.651. The van der Waals surface area contributed by atoms with Crippen molar-refractivity contribution in [2.45, 2.75) is 6.92 Å². The highest BCUT2D eigenvalue weighted by molar-refractivity contribution is 5.22. The van der Waals surface area contributed by atoms with E-state index in [9.17, 15) is 0 Å². The molecule has 0 aliphatic rings. The first-order valence-electron chi connectivity index (χ1n) is 3.47. The summed E-state index contributed by atoms with van der Waals surface area (Å²) in [6.07, 6.45) is 1.72. The SMILES string of the molecule is CC=C(N)Oc1ccccc1. The first kappa shape index (κ1) is 7.66. The minimum absolute atomic E-state index is 0.427. The minimum atomic E-state index is 0.427. The summed E-state index contributed by atoms with van der Waals surface area (Å²) in [6, 6.07) is 9.45. The molecule has 0 amide bonds. The van der Waals surface area contributed by atoms with Crippen molar-refractivity contribution >= 4 is 0 Å². The average Bonchev–Trinajstić information content (AvgIpc) is 2.06. The summed E-state index contributed by atoms with van der Waals surface area (Å²) >= 11 is 0. The molecule has 0 saturated heterocycles. The smallest absolute Gasteiger partial charge is 0.186 e. The first-order valence-corrected chi connectivity index (χ1v) is 3.47. The molecular weight excluding hydrogens is 138 g/mol. The summed E-state index contributed by atoms with van der Waals surface area (Å²) in [4.78, 5) is 0. The molecule has 2 heteroatoms. The van der Waals surface area contributed by atoms with Crippen LogP contribution >= 0.6 is 0 Å². The minimum Gasteiger partial charge on any atom is -0.442 e. The van der Waals surface area contributed by atoms with Crippen LogP contribution in [0.3, 0.4) is 0 Å². The van der Waals surface area contributed by atoms with E-state index in [0.717, 1.165) is 5.75 Å². The summed E-state index contributed by atoms with van der Waals surface area (Å²) in [5, 5.41) is 0. The molecule has 2 nitrogen and oxygen atoms in total. The second-order valence-corrected chi connectivity index (χ2v) is 2.11. The molecule has 1 aromatic carbocycles. The number of rotatable bonds is 2. The zero-order valence-corrected chi connectivity index (χ0v) is 6.45. The number of para-hydroxylation sites is 1. The third kappa shape index (κ3) is 2.34. The van der Waals surface area contributed by atoms with Crippen molar-refractivity contribution in [1.29, 1.82) is 0 Å². The lowest BCUT2D eigenvalue weighted by atomic mass is 10.3. The topological polar surface area (TPSA) is 35.2 Å². The average molecular weight is 149 g/mol. The Morgan fingerprint density at radius 1 is 1.36 bits per heavy atom. The van der Waals surface area contributed by atoms with E-state index in [2.05, 4.69) is 0 Å². The van der Waals surface area contributed by atoms with Crippen LogP contribution in [0.4, 0.5) is 0 Å². The Morgan fingerprint density at radius 3 is 2.55 bits per heavy atom. The van der Waals surface area contributed by atoms with Gasteiger partial charge < -0.3 is 10.5 Å². The Hall–Kier alpha value is -1.44. The molecule has 1 rings (SSSR count). The zero-order valence-electron chi connectivity index (χ0n) is 6.45. The van der Waals surface area contributed by atoms with Crippen LogP contribution in [0.5, 0.6) is 5.75 Å². The van der Waals surface area contributed by atoms with E-state index in [-0.39, 0.29) is 0 Å². The fraction of sp³-hybridized carbons (Fsp3) is 0.111. The lowest BCUT2D eigenvalue weighted by Gasteiger charge is -2.02. The van der Waals surface area contributed by atoms with Gasteiger partial charge in [-0.25, -0.2) is 0 Å². The number of hydrogen-bond acceptors (Lipinski definition) is 2. The van der Waals surface area contributed by atoms with Gasteiger partial charge in [0.2, 0.25) is 0 Å². The van der Waals surface area contributed by atoms with Gasteiger partial charge in [0.1, 0.15) is 5.75 Å². The van der Waals surface area contributed by atoms with E-state index in [1.165, 1.54) is 0 Å². The van der Waals surface area contributed by atoms with Gasteiger partial charge >= 0.3 is 0 Å². The Morgan fingerprint density at radius 2 is 2.00 bits per heavy atom. The van der Waals surface area contributed by atoms with Crippen molar-refractivity contribution < 1.29 is 4.74 Å². The molecule has 0 heterocycles. The summed E-state index contributed by atoms with van der Waals surface area (Å²) in [7, 11) is 0. The van der Waals surface area contributed by atoms with Gasteiger partial charge in [0.05, 0.1) is 0 Å². The number of hydrogen-bond donors (Lipinski definition) is 1. The van der Waals surface area contributed by atoms with Gasteiger partial charge in [0.15, 0.2) is 5.88 Å². The molecule has 0 aromatic heterocycles. The van der Waals surface area contributed by atoms with Crippen molar-refractivity contribution in [3.63, 3.8) is 0 Å². The molecule has 0 bridgehead atoms. The summed E-state index contributed by atoms with van der Waals surface area (Å²) in [5.41, 5.74) is 5.44. The maximum Gasteiger partial charge on any atom is 0.186 e. The molecule has 0 atom stereocenters. The van der Waals surface area contributed by atoms with Gasteiger partial charge in [-0.1, -0.05) is 18.2 Å². The lowest BCUT2D eigenvalue weighted by Crippen LogP contribution is -2.04. The molecule has 0 aliphatic carbocycles. The Bertz CT molecular complexity index is 241. The molecule has 0 spiro atoms. The molecule has 0 unspecified atom stereocenters. The van der Waals surface area contributed by atoms with E-state index in [0.29, 0.717) is 5.88 Å². The predicted molar refractivity (Wildman–Crippen MR) is 45.0 cm³/mol. The van der Waals surface area contributed by atoms with Crippen LogP contribution in [0.25, 0.3) is 0 Å². The predicted octanol–water partition coefficient (Wildman–Crippen LogP) is 1.89. The molecule has 0 saturated carbocycles. The number of ether oxygens (including phenoxy) is 1. The van der Waals surface area contributed by atoms with Gasteiger partial charge in [-0.15, -0.1) is 0 Å². The van der Waals surface area contributed by atoms with E-state index in [1.54, 1.807) is 6.08 Å². The molecule has 11 heavy (non-hydrogen) atoms. The standard InChI is InChI=1S/C9H11NO/c1-2-9(10)11-8-6-4-3-5-7-8/h2-7H,10H2,1H3. The molecule has 2 N–H and O–H groups in total. The molecular formula is C9H11NO. The lowest BCUT2D eigenvalue weighted by molar-refractivity contribution is 0.419. The van der Waals surface area contributed by atoms with Crippen LogP contribution < -0.4 is 10.5 Å². The van der Waals surface area contributed by atoms with Crippen LogP contribution in [0, 0.1) is 0 Å². The number of nitrogens with two attached hydrogens (primary N) is 1. The zero-order chi connectivity index (χ0) is 8.10. The second kappa shape index (κ2) is 3.66. The monoisotopic (exact) mass is 149 g/mol. The Balaban J connectivity index is 2.65. The molecule has 0 fully saturated rings. The Labute approximate surface area is 66.3 Å². The fourth-order valence-corrected chi connectivity index (χ4v) is 0.684. The second-order valence-electron chi connectivity index (χ2n) is 2.11. The summed E-state index contributed by atoms with van der Waals surface area (Å²) in [6.45, 7) is 1.83. The summed E-state index contributed by atoms with van der Waals surface area (Å²) < 4.78 is 5.20. The normalized spacial score (nSPS) is 11.2. The van der Waals surface area contributed by atoms with E-state index >= 15 is 0 Å². The van der Waals surface area contributed by atoms with E-state index in [1.807, 2.05) is 37.3 Å². The van der Waals surface area contributed by atoms with Crippen molar-refractivity contribution in [3.05, 3.63) is 42.3 Å². The van der Waals surface area contributed by atoms with Gasteiger partial charge in [-0.3, -0.25) is 0 Å². The van der Waals surface area contributed by atoms with Crippen LogP contribution in [-0.2, 0) is 0 Å². The number of allylic oxidation sites excluding steroid dienone is 1. The fourth-order valence-electron chi connectivity index (χ4n) is 0.684. The van der Waals surface area contributed by atoms with E-state index in [4.69, 9.17) is 10.5 Å². The maximum atomic E-state index is 5.44. The van der Waals surface area contributed by atoms with Crippen molar-refractivity contribution in [1.82, 2.24) is 0 Å². The van der Waals surface area contributed by atoms with Crippen molar-refractivity contribution in [2.75, 3.05) is 0 Å². The van der Waals surface area contributed by atoms with Crippen LogP contribution in [-0.4, -0.2) is 0 Å². The van der Waals surface area contributed by atoms with Crippen LogP contribution in [0.15, 0.2) is 42.3 Å². The Kier molecular flexibility index (Phi) is 2.55. The van der Waals surface area contributed by atoms with Crippen LogP contribution in [0.2, 0.25) is 0 Å². The van der Waals surface area contributed by atoms with E-state index < -0.39 is 0 Å². The van der Waals surface area contributed by atoms with Gasteiger partial charge in [-0.2, -0.15) is 0 Å². The molecule has 58 valence electrons. The van der Waals surface area contributed by atoms with Gasteiger partial charge in [0.25, 0.3) is 0 Å². The molecule has 0 radical (unpaired) electrons. The summed E-state index contributed by atoms with van der Waals surface area (Å²) in [5.74, 6) is 1.19. The van der Waals surface area contributed by atoms with Crippen LogP contribution in [0.1, 0.15) is 6.92 Å². The first-order chi connectivity index (χ1) is 5.33. The third-order valence-corrected chi connectivity index (χ3v) is 1.26.